The molecule has 4 amide bonds. The molecule has 23 nitrogen and oxygen atoms in total. The molecule has 6 rings (SSSR count). The summed E-state index contributed by atoms with van der Waals surface area (Å²) in [6.45, 7) is 3.74. The van der Waals surface area contributed by atoms with Crippen molar-refractivity contribution in [3.8, 4) is 5.75 Å². The van der Waals surface area contributed by atoms with Crippen LogP contribution < -0.4 is 32.4 Å². The number of nitrogens with one attached hydrogen (secondary N) is 5. The van der Waals surface area contributed by atoms with Crippen molar-refractivity contribution >= 4 is 68.7 Å². The van der Waals surface area contributed by atoms with Crippen molar-refractivity contribution in [3.63, 3.8) is 0 Å². The number of nitro groups is 1. The van der Waals surface area contributed by atoms with Crippen LogP contribution in [0.4, 0.5) is 11.4 Å². The number of esters is 2. The highest BCUT2D eigenvalue weighted by atomic mass is 16.7. The van der Waals surface area contributed by atoms with Crippen LogP contribution in [-0.4, -0.2) is 118 Å². The van der Waals surface area contributed by atoms with Crippen molar-refractivity contribution in [2.75, 3.05) is 18.5 Å². The SMILES string of the molecule is CC(=O)N[C@H]1[C@H](OCc2ccccc2)O[C@H](COC(=O)CCCCCNc2ccc([N+](=O)[O-])c3[nH]c4ccc(O)cc4c(=O)c23)[C@@H](O)[C@@H]1OC(C)C(=O)N[C@@H](C)C(=O)N[C@H](CCC(=O)OCc1ccccc1)C(N)=O. The number of aromatic hydroxyl groups is 1. The predicted octanol–water partition coefficient (Wildman–Crippen LogP) is 3.39. The van der Waals surface area contributed by atoms with Crippen molar-refractivity contribution in [2.45, 2.75) is 121 Å². The Bertz CT molecular complexity index is 2890. The van der Waals surface area contributed by atoms with Crippen LogP contribution in [0.3, 0.4) is 0 Å². The number of hydrogen-bond acceptors (Lipinski definition) is 17. The summed E-state index contributed by atoms with van der Waals surface area (Å²) in [5, 5.41) is 44.5. The number of carbonyl (C=O) groups is 6. The van der Waals surface area contributed by atoms with Gasteiger partial charge in [0, 0.05) is 43.5 Å². The number of amides is 4. The molecule has 1 aliphatic heterocycles. The molecule has 5 aromatic rings. The van der Waals surface area contributed by atoms with E-state index in [1.807, 2.05) is 12.1 Å². The maximum Gasteiger partial charge on any atom is 0.306 e. The van der Waals surface area contributed by atoms with Gasteiger partial charge in [-0.2, -0.15) is 0 Å². The third-order valence-corrected chi connectivity index (χ3v) is 12.2. The lowest BCUT2D eigenvalue weighted by Crippen LogP contribution is -2.66. The number of nitro benzene ring substituents is 1. The van der Waals surface area contributed by atoms with E-state index < -0.39 is 101 Å². The number of nitrogens with zero attached hydrogens (tertiary/aromatic N) is 1. The average Bonchev–Trinajstić information content (AvgIpc) is 3.38. The van der Waals surface area contributed by atoms with E-state index in [9.17, 15) is 53.9 Å². The van der Waals surface area contributed by atoms with Gasteiger partial charge in [-0.25, -0.2) is 0 Å². The van der Waals surface area contributed by atoms with Crippen molar-refractivity contribution < 1.29 is 67.6 Å². The number of pyridine rings is 1. The first-order chi connectivity index (χ1) is 35.9. The quantitative estimate of drug-likeness (QED) is 0.0129. The molecule has 1 saturated heterocycles. The molecule has 4 aromatic carbocycles. The number of nitrogens with two attached hydrogens (primary N) is 1. The molecule has 0 aliphatic carbocycles. The molecule has 0 radical (unpaired) electrons. The third kappa shape index (κ3) is 15.8. The van der Waals surface area contributed by atoms with Crippen LogP contribution in [0.25, 0.3) is 21.8 Å². The Morgan fingerprint density at radius 2 is 1.53 bits per heavy atom. The second kappa shape index (κ2) is 26.8. The van der Waals surface area contributed by atoms with E-state index in [4.69, 9.17) is 29.4 Å². The first kappa shape index (κ1) is 56.3. The Labute approximate surface area is 429 Å². The van der Waals surface area contributed by atoms with E-state index in [0.717, 1.165) is 11.1 Å². The van der Waals surface area contributed by atoms with Gasteiger partial charge in [0.05, 0.1) is 22.4 Å². The van der Waals surface area contributed by atoms with Crippen molar-refractivity contribution in [3.05, 3.63) is 122 Å². The molecule has 0 bridgehead atoms. The normalized spacial score (nSPS) is 18.5. The number of non-ortho nitro benzene ring substituents is 1. The van der Waals surface area contributed by atoms with Crippen LogP contribution in [0.1, 0.15) is 70.4 Å². The number of anilines is 1. The fraction of sp³-hybridized carbons (Fsp3) is 0.404. The van der Waals surface area contributed by atoms with Gasteiger partial charge in [0.1, 0.15) is 67.0 Å². The third-order valence-electron chi connectivity index (χ3n) is 12.2. The predicted molar refractivity (Wildman–Crippen MR) is 270 cm³/mol. The molecule has 2 heterocycles. The Morgan fingerprint density at radius 1 is 0.853 bits per heavy atom. The number of phenolic OH excluding ortho intramolecular Hbond substituents is 1. The summed E-state index contributed by atoms with van der Waals surface area (Å²) in [6, 6.07) is 21.0. The number of aromatic amines is 1. The maximum atomic E-state index is 13.6. The van der Waals surface area contributed by atoms with Crippen LogP contribution in [0.5, 0.6) is 5.75 Å². The van der Waals surface area contributed by atoms with Crippen molar-refractivity contribution in [1.29, 1.82) is 0 Å². The van der Waals surface area contributed by atoms with E-state index in [0.29, 0.717) is 37.0 Å². The molecule has 8 atom stereocenters. The van der Waals surface area contributed by atoms with Gasteiger partial charge >= 0.3 is 11.9 Å². The number of primary amides is 1. The first-order valence-corrected chi connectivity index (χ1v) is 24.3. The largest absolute Gasteiger partial charge is 0.508 e. The molecule has 0 spiro atoms. The minimum absolute atomic E-state index is 0.0139. The number of phenols is 1. The number of hydrogen-bond donors (Lipinski definition) is 8. The van der Waals surface area contributed by atoms with Gasteiger partial charge < -0.3 is 65.9 Å². The summed E-state index contributed by atoms with van der Waals surface area (Å²) in [4.78, 5) is 105. The lowest BCUT2D eigenvalue weighted by molar-refractivity contribution is -0.383. The molecule has 75 heavy (non-hydrogen) atoms. The van der Waals surface area contributed by atoms with Crippen LogP contribution in [0.2, 0.25) is 0 Å². The lowest BCUT2D eigenvalue weighted by atomic mass is 9.96. The molecule has 1 unspecified atom stereocenters. The fourth-order valence-electron chi connectivity index (χ4n) is 8.24. The number of aromatic nitrogens is 1. The fourth-order valence-corrected chi connectivity index (χ4v) is 8.24. The molecule has 0 saturated carbocycles. The van der Waals surface area contributed by atoms with E-state index in [-0.39, 0.29) is 60.2 Å². The second-order valence-electron chi connectivity index (χ2n) is 17.9. The molecule has 1 aliphatic rings. The Balaban J connectivity index is 1.03. The van der Waals surface area contributed by atoms with Crippen molar-refractivity contribution in [1.82, 2.24) is 20.9 Å². The number of H-pyrrole nitrogens is 1. The Morgan fingerprint density at radius 3 is 2.20 bits per heavy atom. The zero-order chi connectivity index (χ0) is 54.2. The number of carbonyl (C=O) groups excluding carboxylic acids is 6. The summed E-state index contributed by atoms with van der Waals surface area (Å²) in [6.07, 6.45) is -6.10. The van der Waals surface area contributed by atoms with Crippen LogP contribution in [0.15, 0.2) is 95.8 Å². The number of aliphatic hydroxyl groups is 1. The molecular formula is C52H61N7O16. The standard InChI is InChI=1S/C52H61N7O16/c1-29(50(67)58-38(49(53)66)21-23-42(63)71-26-32-13-7-4-8-14-32)55-51(68)30(2)74-48-45(56-31(3)60)52(73-27-33-15-9-5-10-16-33)75-40(47(48)65)28-72-41(62)17-11-6-12-24-54-37-20-22-39(59(69)70)44-43(37)46(64)35-25-34(61)18-19-36(35)57-44/h4-5,7-10,13-16,18-20,22,25,29-30,38,40,45,47-48,52,54,61,65H,6,11-12,17,21,23-24,26-28H2,1-3H3,(H2,53,66)(H,55,68)(H,56,60)(H,57,64)(H,58,67)/t29-,30?,38+,40+,45+,47+,48+,52+/m0/s1. The monoisotopic (exact) mass is 1040 g/mol. The van der Waals surface area contributed by atoms with Crippen LogP contribution >= 0.6 is 0 Å². The highest BCUT2D eigenvalue weighted by Crippen LogP contribution is 2.31. The lowest BCUT2D eigenvalue weighted by Gasteiger charge is -2.45. The topological polar surface area (TPSA) is 339 Å². The highest BCUT2D eigenvalue weighted by Gasteiger charge is 2.49. The number of aliphatic hydroxyl groups excluding tert-OH is 1. The first-order valence-electron chi connectivity index (χ1n) is 24.3. The summed E-state index contributed by atoms with van der Waals surface area (Å²) >= 11 is 0. The average molecular weight is 1040 g/mol. The van der Waals surface area contributed by atoms with Crippen LogP contribution in [0, 0.1) is 10.1 Å². The van der Waals surface area contributed by atoms with Gasteiger partial charge in [-0.3, -0.25) is 43.7 Å². The maximum absolute atomic E-state index is 13.6. The number of ether oxygens (including phenoxy) is 5. The number of benzene rings is 4. The zero-order valence-electron chi connectivity index (χ0n) is 41.5. The van der Waals surface area contributed by atoms with E-state index in [1.165, 1.54) is 51.1 Å². The van der Waals surface area contributed by atoms with Gasteiger partial charge in [-0.15, -0.1) is 0 Å². The summed E-state index contributed by atoms with van der Waals surface area (Å²) in [5.74, 6) is -4.51. The van der Waals surface area contributed by atoms with Crippen LogP contribution in [-0.2, 0) is 65.7 Å². The molecular weight excluding hydrogens is 979 g/mol. The van der Waals surface area contributed by atoms with Gasteiger partial charge in [0.15, 0.2) is 11.7 Å². The molecule has 400 valence electrons. The van der Waals surface area contributed by atoms with E-state index in [2.05, 4.69) is 26.3 Å². The summed E-state index contributed by atoms with van der Waals surface area (Å²) in [5.41, 5.74) is 6.90. The number of unbranched alkanes of at least 4 members (excludes halogenated alkanes) is 2. The number of fused-ring (bicyclic) bond motifs is 2. The van der Waals surface area contributed by atoms with Gasteiger partial charge in [-0.05, 0) is 68.5 Å². The molecule has 1 aromatic heterocycles. The molecule has 23 heteroatoms. The Kier molecular flexibility index (Phi) is 20.1. The Hall–Kier alpha value is -7.99. The summed E-state index contributed by atoms with van der Waals surface area (Å²) in [7, 11) is 0. The van der Waals surface area contributed by atoms with Gasteiger partial charge in [0.2, 0.25) is 23.6 Å². The second-order valence-corrected chi connectivity index (χ2v) is 17.9. The zero-order valence-corrected chi connectivity index (χ0v) is 41.5. The van der Waals surface area contributed by atoms with E-state index >= 15 is 0 Å². The minimum atomic E-state index is -1.63. The van der Waals surface area contributed by atoms with Gasteiger partial charge in [0.25, 0.3) is 5.69 Å². The van der Waals surface area contributed by atoms with E-state index in [1.54, 1.807) is 48.5 Å². The molecule has 9 N–H and O–H groups in total. The smallest absolute Gasteiger partial charge is 0.306 e. The minimum Gasteiger partial charge on any atom is -0.508 e. The summed E-state index contributed by atoms with van der Waals surface area (Å²) < 4.78 is 29.1. The van der Waals surface area contributed by atoms with Crippen molar-refractivity contribution in [2.24, 2.45) is 5.73 Å². The number of rotatable bonds is 26. The molecule has 1 fully saturated rings. The highest BCUT2D eigenvalue weighted by molar-refractivity contribution is 6.03. The van der Waals surface area contributed by atoms with Gasteiger partial charge in [-0.1, -0.05) is 67.1 Å².